The van der Waals surface area contributed by atoms with Crippen LogP contribution in [0.25, 0.3) is 0 Å². The van der Waals surface area contributed by atoms with Crippen molar-refractivity contribution in [2.24, 2.45) is 5.92 Å². The molecule has 0 aromatic heterocycles. The average molecular weight is 225 g/mol. The second-order valence-corrected chi connectivity index (χ2v) is 5.63. The van der Waals surface area contributed by atoms with Crippen molar-refractivity contribution in [3.63, 3.8) is 0 Å². The molecule has 94 valence electrons. The minimum Gasteiger partial charge on any atom is -0.314 e. The number of nitrogens with zero attached hydrogens (tertiary/aromatic N) is 2. The second-order valence-electron chi connectivity index (χ2n) is 5.63. The van der Waals surface area contributed by atoms with E-state index in [0.29, 0.717) is 0 Å². The molecule has 0 bridgehead atoms. The molecule has 0 aromatic rings. The Balaban J connectivity index is 1.85. The van der Waals surface area contributed by atoms with E-state index in [1.807, 2.05) is 0 Å². The predicted octanol–water partition coefficient (Wildman–Crippen LogP) is 1.01. The monoisotopic (exact) mass is 225 g/mol. The molecule has 1 N–H and O–H groups in total. The Morgan fingerprint density at radius 1 is 1.19 bits per heavy atom. The molecule has 1 aliphatic heterocycles. The van der Waals surface area contributed by atoms with Crippen molar-refractivity contribution < 1.29 is 0 Å². The lowest BCUT2D eigenvalue weighted by atomic mass is 9.96. The molecule has 2 fully saturated rings. The SMILES string of the molecule is CN(C)C(CN1CCNCC1)C1CCCC1. The van der Waals surface area contributed by atoms with E-state index >= 15 is 0 Å². The first-order valence-electron chi connectivity index (χ1n) is 6.87. The van der Waals surface area contributed by atoms with Gasteiger partial charge in [-0.15, -0.1) is 0 Å². The van der Waals surface area contributed by atoms with Crippen LogP contribution in [0.5, 0.6) is 0 Å². The van der Waals surface area contributed by atoms with E-state index in [1.165, 1.54) is 58.4 Å². The van der Waals surface area contributed by atoms with Gasteiger partial charge >= 0.3 is 0 Å². The van der Waals surface area contributed by atoms with E-state index in [4.69, 9.17) is 0 Å². The molecule has 1 atom stereocenters. The van der Waals surface area contributed by atoms with Crippen LogP contribution in [-0.4, -0.2) is 62.7 Å². The van der Waals surface area contributed by atoms with Crippen molar-refractivity contribution in [2.45, 2.75) is 31.7 Å². The molecule has 3 heteroatoms. The fraction of sp³-hybridized carbons (Fsp3) is 1.00. The largest absolute Gasteiger partial charge is 0.314 e. The van der Waals surface area contributed by atoms with E-state index in [9.17, 15) is 0 Å². The maximum Gasteiger partial charge on any atom is 0.0245 e. The van der Waals surface area contributed by atoms with E-state index < -0.39 is 0 Å². The lowest BCUT2D eigenvalue weighted by Gasteiger charge is -2.36. The Morgan fingerprint density at radius 3 is 2.38 bits per heavy atom. The molecule has 0 amide bonds. The fourth-order valence-corrected chi connectivity index (χ4v) is 3.23. The Bertz CT molecular complexity index is 193. The fourth-order valence-electron chi connectivity index (χ4n) is 3.23. The highest BCUT2D eigenvalue weighted by molar-refractivity contribution is 4.84. The maximum absolute atomic E-state index is 3.43. The molecule has 1 unspecified atom stereocenters. The highest BCUT2D eigenvalue weighted by atomic mass is 15.2. The van der Waals surface area contributed by atoms with E-state index in [1.54, 1.807) is 0 Å². The second kappa shape index (κ2) is 5.99. The van der Waals surface area contributed by atoms with Gasteiger partial charge in [-0.3, -0.25) is 4.90 Å². The molecule has 2 rings (SSSR count). The van der Waals surface area contributed by atoms with Gasteiger partial charge in [0.15, 0.2) is 0 Å². The summed E-state index contributed by atoms with van der Waals surface area (Å²) in [6, 6.07) is 0.778. The minimum absolute atomic E-state index is 0.778. The smallest absolute Gasteiger partial charge is 0.0245 e. The van der Waals surface area contributed by atoms with Gasteiger partial charge < -0.3 is 10.2 Å². The van der Waals surface area contributed by atoms with Crippen LogP contribution < -0.4 is 5.32 Å². The summed E-state index contributed by atoms with van der Waals surface area (Å²) >= 11 is 0. The number of nitrogens with one attached hydrogen (secondary N) is 1. The Labute approximate surface area is 100 Å². The predicted molar refractivity (Wildman–Crippen MR) is 68.7 cm³/mol. The van der Waals surface area contributed by atoms with E-state index in [2.05, 4.69) is 29.2 Å². The Hall–Kier alpha value is -0.120. The average Bonchev–Trinajstić information content (AvgIpc) is 2.80. The number of likely N-dealkylation sites (N-methyl/N-ethyl adjacent to an activating group) is 1. The van der Waals surface area contributed by atoms with E-state index in [-0.39, 0.29) is 0 Å². The molecule has 0 spiro atoms. The zero-order chi connectivity index (χ0) is 11.4. The summed E-state index contributed by atoms with van der Waals surface area (Å²) in [6.45, 7) is 6.09. The van der Waals surface area contributed by atoms with Crippen LogP contribution >= 0.6 is 0 Å². The van der Waals surface area contributed by atoms with Crippen LogP contribution in [0, 0.1) is 5.92 Å². The molecule has 0 radical (unpaired) electrons. The van der Waals surface area contributed by atoms with Crippen LogP contribution in [0.4, 0.5) is 0 Å². The summed E-state index contributed by atoms with van der Waals surface area (Å²) in [5.41, 5.74) is 0. The summed E-state index contributed by atoms with van der Waals surface area (Å²) in [7, 11) is 4.51. The third-order valence-electron chi connectivity index (χ3n) is 4.26. The first-order chi connectivity index (χ1) is 7.77. The first-order valence-corrected chi connectivity index (χ1v) is 6.87. The van der Waals surface area contributed by atoms with Gasteiger partial charge in [0, 0.05) is 38.8 Å². The van der Waals surface area contributed by atoms with Crippen molar-refractivity contribution in [1.29, 1.82) is 0 Å². The van der Waals surface area contributed by atoms with Gasteiger partial charge in [0.25, 0.3) is 0 Å². The summed E-state index contributed by atoms with van der Waals surface area (Å²) in [4.78, 5) is 5.09. The molecule has 1 heterocycles. The van der Waals surface area contributed by atoms with Gasteiger partial charge in [0.05, 0.1) is 0 Å². The van der Waals surface area contributed by atoms with Crippen LogP contribution in [0.3, 0.4) is 0 Å². The van der Waals surface area contributed by atoms with Crippen LogP contribution in [0.1, 0.15) is 25.7 Å². The number of hydrogen-bond acceptors (Lipinski definition) is 3. The molecular formula is C13H27N3. The van der Waals surface area contributed by atoms with Crippen LogP contribution in [0.2, 0.25) is 0 Å². The first kappa shape index (κ1) is 12.3. The number of hydrogen-bond donors (Lipinski definition) is 1. The normalized spacial score (nSPS) is 26.4. The quantitative estimate of drug-likeness (QED) is 0.770. The topological polar surface area (TPSA) is 18.5 Å². The molecule has 0 aromatic carbocycles. The van der Waals surface area contributed by atoms with Crippen LogP contribution in [-0.2, 0) is 0 Å². The molecule has 16 heavy (non-hydrogen) atoms. The summed E-state index contributed by atoms with van der Waals surface area (Å²) in [6.07, 6.45) is 5.82. The van der Waals surface area contributed by atoms with Crippen molar-refractivity contribution in [2.75, 3.05) is 46.8 Å². The lowest BCUT2D eigenvalue weighted by molar-refractivity contribution is 0.128. The third-order valence-corrected chi connectivity index (χ3v) is 4.26. The van der Waals surface area contributed by atoms with Crippen molar-refractivity contribution in [3.05, 3.63) is 0 Å². The maximum atomic E-state index is 3.43. The molecule has 2 aliphatic rings. The molecule has 1 saturated heterocycles. The minimum atomic E-state index is 0.778. The van der Waals surface area contributed by atoms with Gasteiger partial charge in [-0.2, -0.15) is 0 Å². The lowest BCUT2D eigenvalue weighted by Crippen LogP contribution is -2.50. The van der Waals surface area contributed by atoms with Crippen molar-refractivity contribution >= 4 is 0 Å². The highest BCUT2D eigenvalue weighted by Crippen LogP contribution is 2.30. The van der Waals surface area contributed by atoms with Gasteiger partial charge in [0.2, 0.25) is 0 Å². The van der Waals surface area contributed by atoms with Crippen molar-refractivity contribution in [1.82, 2.24) is 15.1 Å². The van der Waals surface area contributed by atoms with E-state index in [0.717, 1.165) is 12.0 Å². The molecular weight excluding hydrogens is 198 g/mol. The van der Waals surface area contributed by atoms with Gasteiger partial charge in [-0.1, -0.05) is 12.8 Å². The molecule has 1 aliphatic carbocycles. The Morgan fingerprint density at radius 2 is 1.81 bits per heavy atom. The third kappa shape index (κ3) is 3.19. The number of rotatable bonds is 4. The molecule has 1 saturated carbocycles. The highest BCUT2D eigenvalue weighted by Gasteiger charge is 2.28. The Kier molecular flexibility index (Phi) is 4.62. The zero-order valence-corrected chi connectivity index (χ0v) is 10.9. The van der Waals surface area contributed by atoms with Gasteiger partial charge in [-0.05, 0) is 32.9 Å². The van der Waals surface area contributed by atoms with Gasteiger partial charge in [0.1, 0.15) is 0 Å². The van der Waals surface area contributed by atoms with Crippen LogP contribution in [0.15, 0.2) is 0 Å². The summed E-state index contributed by atoms with van der Waals surface area (Å²) < 4.78 is 0. The zero-order valence-electron chi connectivity index (χ0n) is 10.9. The summed E-state index contributed by atoms with van der Waals surface area (Å²) in [5, 5.41) is 3.43. The number of piperazine rings is 1. The standard InChI is InChI=1S/C13H27N3/c1-15(2)13(12-5-3-4-6-12)11-16-9-7-14-8-10-16/h12-14H,3-11H2,1-2H3. The molecule has 3 nitrogen and oxygen atoms in total. The van der Waals surface area contributed by atoms with Gasteiger partial charge in [-0.25, -0.2) is 0 Å². The summed E-state index contributed by atoms with van der Waals surface area (Å²) in [5.74, 6) is 0.949. The van der Waals surface area contributed by atoms with Crippen molar-refractivity contribution in [3.8, 4) is 0 Å².